The second-order valence-corrected chi connectivity index (χ2v) is 10.4. The van der Waals surface area contributed by atoms with Crippen molar-refractivity contribution >= 4 is 28.8 Å². The number of aromatic nitrogens is 2. The van der Waals surface area contributed by atoms with E-state index in [2.05, 4.69) is 55.7 Å². The van der Waals surface area contributed by atoms with Gasteiger partial charge in [-0.25, -0.2) is 4.98 Å². The lowest BCUT2D eigenvalue weighted by molar-refractivity contribution is -0.152. The van der Waals surface area contributed by atoms with Gasteiger partial charge in [0.1, 0.15) is 6.10 Å². The van der Waals surface area contributed by atoms with Gasteiger partial charge in [0.05, 0.1) is 16.8 Å². The molecule has 0 saturated heterocycles. The van der Waals surface area contributed by atoms with Crippen LogP contribution in [0.4, 0.5) is 0 Å². The van der Waals surface area contributed by atoms with E-state index in [-0.39, 0.29) is 12.1 Å². The molecule has 1 fully saturated rings. The van der Waals surface area contributed by atoms with Crippen LogP contribution in [0.1, 0.15) is 45.6 Å². The summed E-state index contributed by atoms with van der Waals surface area (Å²) in [4.78, 5) is 17.6. The third-order valence-electron chi connectivity index (χ3n) is 6.65. The maximum Gasteiger partial charge on any atom is 0.316 e. The van der Waals surface area contributed by atoms with Gasteiger partial charge in [-0.05, 0) is 54.7 Å². The largest absolute Gasteiger partial charge is 0.461 e. The smallest absolute Gasteiger partial charge is 0.316 e. The fourth-order valence-electron chi connectivity index (χ4n) is 4.84. The third kappa shape index (κ3) is 5.55. The van der Waals surface area contributed by atoms with Crippen LogP contribution in [0.3, 0.4) is 0 Å². The van der Waals surface area contributed by atoms with Crippen molar-refractivity contribution in [3.8, 4) is 0 Å². The van der Waals surface area contributed by atoms with Crippen LogP contribution in [0.5, 0.6) is 0 Å². The maximum atomic E-state index is 12.8. The molecule has 0 radical (unpaired) electrons. The first-order valence-electron chi connectivity index (χ1n) is 11.8. The van der Waals surface area contributed by atoms with Gasteiger partial charge in [-0.1, -0.05) is 81.4 Å². The fourth-order valence-corrected chi connectivity index (χ4v) is 5.67. The monoisotopic (exact) mass is 450 g/mol. The summed E-state index contributed by atoms with van der Waals surface area (Å²) in [5.74, 6) is 1.80. The Labute approximate surface area is 195 Å². The second-order valence-electron chi connectivity index (χ2n) is 9.41. The van der Waals surface area contributed by atoms with E-state index in [1.165, 1.54) is 23.7 Å². The molecule has 1 aliphatic carbocycles. The molecule has 0 bridgehead atoms. The van der Waals surface area contributed by atoms with Gasteiger partial charge in [0.2, 0.25) is 0 Å². The Bertz CT molecular complexity index is 1030. The number of para-hydroxylation sites is 2. The highest BCUT2D eigenvalue weighted by Gasteiger charge is 2.33. The molecule has 4 nitrogen and oxygen atoms in total. The molecule has 1 heterocycles. The number of thioether (sulfide) groups is 1. The third-order valence-corrected chi connectivity index (χ3v) is 7.60. The zero-order chi connectivity index (χ0) is 22.5. The zero-order valence-corrected chi connectivity index (χ0v) is 20.2. The van der Waals surface area contributed by atoms with Crippen LogP contribution in [0.25, 0.3) is 11.0 Å². The van der Waals surface area contributed by atoms with E-state index in [9.17, 15) is 4.79 Å². The molecule has 4 rings (SSSR count). The molecule has 3 atom stereocenters. The van der Waals surface area contributed by atoms with Crippen molar-refractivity contribution in [2.75, 3.05) is 5.75 Å². The van der Waals surface area contributed by atoms with Gasteiger partial charge < -0.3 is 9.30 Å². The van der Waals surface area contributed by atoms with Crippen LogP contribution in [0.2, 0.25) is 0 Å². The summed E-state index contributed by atoms with van der Waals surface area (Å²) in [6.45, 7) is 7.58. The number of aryl methyl sites for hydroxylation is 2. The van der Waals surface area contributed by atoms with E-state index in [1.54, 1.807) is 0 Å². The SMILES string of the molecule is CC1CCC(C(C)C)C(OC(=O)CSc2nc3ccccc3n2CCc2ccccc2)C1. The van der Waals surface area contributed by atoms with Crippen LogP contribution < -0.4 is 0 Å². The summed E-state index contributed by atoms with van der Waals surface area (Å²) in [7, 11) is 0. The molecule has 0 amide bonds. The number of esters is 1. The Morgan fingerprint density at radius 1 is 1.12 bits per heavy atom. The standard InChI is InChI=1S/C27H34N2O2S/c1-19(2)22-14-13-20(3)17-25(22)31-26(30)18-32-27-28-23-11-7-8-12-24(23)29(27)16-15-21-9-5-4-6-10-21/h4-12,19-20,22,25H,13-18H2,1-3H3. The first-order chi connectivity index (χ1) is 15.5. The average Bonchev–Trinajstić information content (AvgIpc) is 3.14. The van der Waals surface area contributed by atoms with E-state index in [4.69, 9.17) is 9.72 Å². The van der Waals surface area contributed by atoms with Crippen molar-refractivity contribution in [3.63, 3.8) is 0 Å². The highest BCUT2D eigenvalue weighted by atomic mass is 32.2. The molecule has 32 heavy (non-hydrogen) atoms. The molecule has 3 aromatic rings. The maximum absolute atomic E-state index is 12.8. The molecular formula is C27H34N2O2S. The number of fused-ring (bicyclic) bond motifs is 1. The number of benzene rings is 2. The van der Waals surface area contributed by atoms with Crippen LogP contribution in [0, 0.1) is 17.8 Å². The van der Waals surface area contributed by atoms with E-state index in [0.29, 0.717) is 23.5 Å². The molecule has 1 aliphatic rings. The molecule has 0 aliphatic heterocycles. The van der Waals surface area contributed by atoms with Crippen molar-refractivity contribution in [1.29, 1.82) is 0 Å². The Morgan fingerprint density at radius 3 is 2.66 bits per heavy atom. The predicted octanol–water partition coefficient (Wildman–Crippen LogP) is 6.38. The van der Waals surface area contributed by atoms with Crippen molar-refractivity contribution in [2.45, 2.75) is 64.3 Å². The first kappa shape index (κ1) is 22.9. The molecule has 170 valence electrons. The molecule has 0 N–H and O–H groups in total. The van der Waals surface area contributed by atoms with Gasteiger partial charge in [0.15, 0.2) is 5.16 Å². The molecular weight excluding hydrogens is 416 g/mol. The summed E-state index contributed by atoms with van der Waals surface area (Å²) < 4.78 is 8.24. The van der Waals surface area contributed by atoms with Crippen molar-refractivity contribution in [3.05, 3.63) is 60.2 Å². The average molecular weight is 451 g/mol. The summed E-state index contributed by atoms with van der Waals surface area (Å²) in [6.07, 6.45) is 4.34. The lowest BCUT2D eigenvalue weighted by atomic mass is 9.75. The van der Waals surface area contributed by atoms with Gasteiger partial charge in [0.25, 0.3) is 0 Å². The summed E-state index contributed by atoms with van der Waals surface area (Å²) in [6, 6.07) is 18.7. The number of ether oxygens (including phenoxy) is 1. The van der Waals surface area contributed by atoms with Crippen LogP contribution in [-0.2, 0) is 22.5 Å². The van der Waals surface area contributed by atoms with Crippen molar-refractivity contribution < 1.29 is 9.53 Å². The number of hydrogen-bond acceptors (Lipinski definition) is 4. The van der Waals surface area contributed by atoms with Gasteiger partial charge in [-0.3, -0.25) is 4.79 Å². The quantitative estimate of drug-likeness (QED) is 0.295. The van der Waals surface area contributed by atoms with E-state index in [1.807, 2.05) is 24.3 Å². The molecule has 1 saturated carbocycles. The fraction of sp³-hybridized carbons (Fsp3) is 0.481. The summed E-state index contributed by atoms with van der Waals surface area (Å²) in [5.41, 5.74) is 3.38. The minimum atomic E-state index is -0.124. The minimum absolute atomic E-state index is 0.0451. The Hall–Kier alpha value is -2.27. The number of hydrogen-bond donors (Lipinski definition) is 0. The molecule has 2 aromatic carbocycles. The van der Waals surface area contributed by atoms with Crippen molar-refractivity contribution in [2.24, 2.45) is 17.8 Å². The topological polar surface area (TPSA) is 44.1 Å². The molecule has 3 unspecified atom stereocenters. The number of carbonyl (C=O) groups excluding carboxylic acids is 1. The van der Waals surface area contributed by atoms with Crippen molar-refractivity contribution in [1.82, 2.24) is 9.55 Å². The summed E-state index contributed by atoms with van der Waals surface area (Å²) in [5, 5.41) is 0.886. The Kier molecular flexibility index (Phi) is 7.56. The number of carbonyl (C=O) groups is 1. The van der Waals surface area contributed by atoms with Gasteiger partial charge in [0, 0.05) is 6.54 Å². The highest BCUT2D eigenvalue weighted by molar-refractivity contribution is 7.99. The normalized spacial score (nSPS) is 21.2. The zero-order valence-electron chi connectivity index (χ0n) is 19.4. The lowest BCUT2D eigenvalue weighted by Crippen LogP contribution is -2.36. The molecule has 5 heteroatoms. The second kappa shape index (κ2) is 10.6. The number of rotatable bonds is 8. The molecule has 0 spiro atoms. The predicted molar refractivity (Wildman–Crippen MR) is 132 cm³/mol. The van der Waals surface area contributed by atoms with Gasteiger partial charge in [-0.2, -0.15) is 0 Å². The van der Waals surface area contributed by atoms with Gasteiger partial charge >= 0.3 is 5.97 Å². The first-order valence-corrected chi connectivity index (χ1v) is 12.8. The Morgan fingerprint density at radius 2 is 1.88 bits per heavy atom. The minimum Gasteiger partial charge on any atom is -0.461 e. The van der Waals surface area contributed by atoms with Crippen LogP contribution in [-0.4, -0.2) is 27.4 Å². The van der Waals surface area contributed by atoms with Gasteiger partial charge in [-0.15, -0.1) is 0 Å². The number of imidazole rings is 1. The highest BCUT2D eigenvalue weighted by Crippen LogP contribution is 2.35. The molecule has 1 aromatic heterocycles. The lowest BCUT2D eigenvalue weighted by Gasteiger charge is -2.36. The van der Waals surface area contributed by atoms with E-state index in [0.717, 1.165) is 42.0 Å². The van der Waals surface area contributed by atoms with E-state index >= 15 is 0 Å². The van der Waals surface area contributed by atoms with E-state index < -0.39 is 0 Å². The summed E-state index contributed by atoms with van der Waals surface area (Å²) >= 11 is 1.49. The number of nitrogens with zero attached hydrogens (tertiary/aromatic N) is 2. The van der Waals surface area contributed by atoms with Crippen LogP contribution in [0.15, 0.2) is 59.8 Å². The Balaban J connectivity index is 1.43. The van der Waals surface area contributed by atoms with Crippen LogP contribution >= 0.6 is 11.8 Å².